The molecule has 2 aromatic heterocycles. The van der Waals surface area contributed by atoms with Gasteiger partial charge in [0, 0.05) is 19.1 Å². The maximum Gasteiger partial charge on any atom is 0.248 e. The molecule has 3 heterocycles. The highest BCUT2D eigenvalue weighted by Gasteiger charge is 2.21. The molecule has 1 atom stereocenters. The van der Waals surface area contributed by atoms with E-state index in [2.05, 4.69) is 20.5 Å². The predicted octanol–water partition coefficient (Wildman–Crippen LogP) is 0.0621. The van der Waals surface area contributed by atoms with E-state index in [4.69, 9.17) is 15.0 Å². The summed E-state index contributed by atoms with van der Waals surface area (Å²) in [6.07, 6.45) is 3.85. The molecule has 3 rings (SSSR count). The molecular weight excluding hydrogens is 248 g/mol. The number of nitrogens with two attached hydrogens (primary N) is 1. The Kier molecular flexibility index (Phi) is 3.51. The topological polar surface area (TPSA) is 105 Å². The zero-order chi connectivity index (χ0) is 13.1. The van der Waals surface area contributed by atoms with Crippen molar-refractivity contribution >= 4 is 0 Å². The molecule has 0 aliphatic carbocycles. The molecule has 2 aromatic rings. The maximum atomic E-state index is 5.48. The van der Waals surface area contributed by atoms with Crippen LogP contribution in [0.25, 0.3) is 0 Å². The second kappa shape index (κ2) is 5.45. The lowest BCUT2D eigenvalue weighted by Crippen LogP contribution is -2.16. The lowest BCUT2D eigenvalue weighted by Gasteiger charge is -2.18. The van der Waals surface area contributed by atoms with Crippen molar-refractivity contribution in [3.05, 3.63) is 23.6 Å². The molecule has 1 aliphatic rings. The Balaban J connectivity index is 1.67. The van der Waals surface area contributed by atoms with Gasteiger partial charge in [-0.05, 0) is 12.8 Å². The highest BCUT2D eigenvalue weighted by Crippen LogP contribution is 2.22. The summed E-state index contributed by atoms with van der Waals surface area (Å²) >= 11 is 0. The molecule has 1 unspecified atom stereocenters. The second-order valence-electron chi connectivity index (χ2n) is 4.57. The first-order chi connectivity index (χ1) is 9.35. The average Bonchev–Trinajstić information content (AvgIpc) is 3.09. The van der Waals surface area contributed by atoms with Gasteiger partial charge in [-0.2, -0.15) is 4.98 Å². The molecule has 19 heavy (non-hydrogen) atoms. The number of aromatic nitrogens is 5. The van der Waals surface area contributed by atoms with Gasteiger partial charge in [0.1, 0.15) is 6.54 Å². The quantitative estimate of drug-likeness (QED) is 0.832. The van der Waals surface area contributed by atoms with Gasteiger partial charge in [-0.25, -0.2) is 4.68 Å². The Hall–Kier alpha value is -1.80. The summed E-state index contributed by atoms with van der Waals surface area (Å²) in [4.78, 5) is 4.39. The van der Waals surface area contributed by atoms with Crippen molar-refractivity contribution in [1.29, 1.82) is 0 Å². The minimum absolute atomic E-state index is 0.238. The van der Waals surface area contributed by atoms with E-state index >= 15 is 0 Å². The molecule has 0 radical (unpaired) electrons. The Labute approximate surface area is 109 Å². The third-order valence-electron chi connectivity index (χ3n) is 3.10. The molecule has 2 N–H and O–H groups in total. The summed E-state index contributed by atoms with van der Waals surface area (Å²) in [5, 5.41) is 11.9. The van der Waals surface area contributed by atoms with E-state index in [9.17, 15) is 0 Å². The molecule has 0 aromatic carbocycles. The van der Waals surface area contributed by atoms with Gasteiger partial charge in [0.25, 0.3) is 0 Å². The van der Waals surface area contributed by atoms with Gasteiger partial charge in [-0.1, -0.05) is 10.4 Å². The SMILES string of the molecule is NCc1cn(Cc2nc(C3CCCOC3)no2)nn1. The average molecular weight is 264 g/mol. The van der Waals surface area contributed by atoms with Crippen LogP contribution in [0, 0.1) is 0 Å². The number of hydrogen-bond donors (Lipinski definition) is 1. The van der Waals surface area contributed by atoms with Crippen LogP contribution in [0.3, 0.4) is 0 Å². The molecule has 8 heteroatoms. The van der Waals surface area contributed by atoms with Crippen LogP contribution in [-0.2, 0) is 17.8 Å². The lowest BCUT2D eigenvalue weighted by atomic mass is 10.0. The lowest BCUT2D eigenvalue weighted by molar-refractivity contribution is 0.0773. The van der Waals surface area contributed by atoms with Crippen molar-refractivity contribution < 1.29 is 9.26 Å². The molecule has 0 bridgehead atoms. The number of hydrogen-bond acceptors (Lipinski definition) is 7. The van der Waals surface area contributed by atoms with Crippen LogP contribution in [0.4, 0.5) is 0 Å². The maximum absolute atomic E-state index is 5.48. The van der Waals surface area contributed by atoms with Crippen molar-refractivity contribution in [3.8, 4) is 0 Å². The number of nitrogens with zero attached hydrogens (tertiary/aromatic N) is 5. The van der Waals surface area contributed by atoms with Crippen LogP contribution in [-0.4, -0.2) is 38.3 Å². The normalized spacial score (nSPS) is 19.7. The Morgan fingerprint density at radius 1 is 1.47 bits per heavy atom. The van der Waals surface area contributed by atoms with Gasteiger partial charge in [-0.3, -0.25) is 0 Å². The zero-order valence-corrected chi connectivity index (χ0v) is 10.5. The van der Waals surface area contributed by atoms with Crippen LogP contribution in [0.1, 0.15) is 36.2 Å². The van der Waals surface area contributed by atoms with Gasteiger partial charge in [0.15, 0.2) is 5.82 Å². The molecule has 102 valence electrons. The first-order valence-corrected chi connectivity index (χ1v) is 6.34. The van der Waals surface area contributed by atoms with Gasteiger partial charge in [-0.15, -0.1) is 5.10 Å². The van der Waals surface area contributed by atoms with Crippen molar-refractivity contribution in [2.75, 3.05) is 13.2 Å². The minimum atomic E-state index is 0.238. The molecule has 0 saturated carbocycles. The highest BCUT2D eigenvalue weighted by molar-refractivity contribution is 4.98. The van der Waals surface area contributed by atoms with Crippen LogP contribution in [0.5, 0.6) is 0 Å². The summed E-state index contributed by atoms with van der Waals surface area (Å²) in [5.74, 6) is 1.48. The highest BCUT2D eigenvalue weighted by atomic mass is 16.5. The van der Waals surface area contributed by atoms with Crippen LogP contribution in [0.2, 0.25) is 0 Å². The molecule has 0 amide bonds. The van der Waals surface area contributed by atoms with E-state index in [0.29, 0.717) is 31.4 Å². The van der Waals surface area contributed by atoms with Crippen molar-refractivity contribution in [3.63, 3.8) is 0 Å². The summed E-state index contributed by atoms with van der Waals surface area (Å²) in [6.45, 7) is 2.27. The predicted molar refractivity (Wildman–Crippen MR) is 64.1 cm³/mol. The van der Waals surface area contributed by atoms with Crippen molar-refractivity contribution in [1.82, 2.24) is 25.1 Å². The molecule has 1 saturated heterocycles. The van der Waals surface area contributed by atoms with E-state index < -0.39 is 0 Å². The molecule has 8 nitrogen and oxygen atoms in total. The summed E-state index contributed by atoms with van der Waals surface area (Å²) in [6, 6.07) is 0. The van der Waals surface area contributed by atoms with Gasteiger partial charge in [0.05, 0.1) is 18.5 Å². The molecule has 0 spiro atoms. The number of ether oxygens (including phenoxy) is 1. The fraction of sp³-hybridized carbons (Fsp3) is 0.636. The van der Waals surface area contributed by atoms with Crippen LogP contribution >= 0.6 is 0 Å². The first-order valence-electron chi connectivity index (χ1n) is 6.34. The van der Waals surface area contributed by atoms with Crippen LogP contribution in [0.15, 0.2) is 10.7 Å². The van der Waals surface area contributed by atoms with E-state index in [-0.39, 0.29) is 5.92 Å². The van der Waals surface area contributed by atoms with Crippen molar-refractivity contribution in [2.24, 2.45) is 5.73 Å². The van der Waals surface area contributed by atoms with Crippen molar-refractivity contribution in [2.45, 2.75) is 31.8 Å². The van der Waals surface area contributed by atoms with E-state index in [0.717, 1.165) is 25.1 Å². The monoisotopic (exact) mass is 264 g/mol. The second-order valence-corrected chi connectivity index (χ2v) is 4.57. The summed E-state index contributed by atoms with van der Waals surface area (Å²) in [7, 11) is 0. The van der Waals surface area contributed by atoms with E-state index in [1.807, 2.05) is 0 Å². The molecule has 1 aliphatic heterocycles. The van der Waals surface area contributed by atoms with E-state index in [1.54, 1.807) is 10.9 Å². The third kappa shape index (κ3) is 2.79. The first kappa shape index (κ1) is 12.2. The fourth-order valence-corrected chi connectivity index (χ4v) is 2.09. The third-order valence-corrected chi connectivity index (χ3v) is 3.10. The smallest absolute Gasteiger partial charge is 0.248 e. The number of rotatable bonds is 4. The van der Waals surface area contributed by atoms with Gasteiger partial charge in [0.2, 0.25) is 5.89 Å². The largest absolute Gasteiger partial charge is 0.381 e. The van der Waals surface area contributed by atoms with Gasteiger partial charge >= 0.3 is 0 Å². The fourth-order valence-electron chi connectivity index (χ4n) is 2.09. The molecule has 1 fully saturated rings. The van der Waals surface area contributed by atoms with E-state index in [1.165, 1.54) is 0 Å². The Morgan fingerprint density at radius 3 is 3.16 bits per heavy atom. The van der Waals surface area contributed by atoms with Crippen LogP contribution < -0.4 is 5.73 Å². The standard InChI is InChI=1S/C11H16N6O2/c12-4-9-5-17(16-14-9)6-10-13-11(15-19-10)8-2-1-3-18-7-8/h5,8H,1-4,6-7,12H2. The summed E-state index contributed by atoms with van der Waals surface area (Å²) < 4.78 is 12.3. The molecular formula is C11H16N6O2. The van der Waals surface area contributed by atoms with Gasteiger partial charge < -0.3 is 15.0 Å². The summed E-state index contributed by atoms with van der Waals surface area (Å²) in [5.41, 5.74) is 6.21. The Morgan fingerprint density at radius 2 is 2.42 bits per heavy atom. The Bertz CT molecular complexity index is 531. The minimum Gasteiger partial charge on any atom is -0.381 e. The zero-order valence-electron chi connectivity index (χ0n) is 10.5.